The maximum absolute atomic E-state index is 17.3. The average Bonchev–Trinajstić information content (AvgIpc) is 3.63. The Bertz CT molecular complexity index is 2120. The van der Waals surface area contributed by atoms with E-state index < -0.39 is 31.4 Å². The summed E-state index contributed by atoms with van der Waals surface area (Å²) in [7, 11) is -2.27. The van der Waals surface area contributed by atoms with Gasteiger partial charge in [-0.15, -0.1) is 5.54 Å². The molecule has 53 heavy (non-hydrogen) atoms. The minimum Gasteiger partial charge on any atom is -0.508 e. The number of aromatic hydroxyl groups is 1. The fourth-order valence-corrected chi connectivity index (χ4v) is 15.4. The first-order chi connectivity index (χ1) is 25.3. The molecule has 280 valence electrons. The van der Waals surface area contributed by atoms with Gasteiger partial charge in [0.05, 0.1) is 16.5 Å². The molecule has 7 heterocycles. The van der Waals surface area contributed by atoms with Gasteiger partial charge in [0.1, 0.15) is 49.4 Å². The fourth-order valence-electron chi connectivity index (χ4n) is 10.2. The predicted molar refractivity (Wildman–Crippen MR) is 206 cm³/mol. The lowest BCUT2D eigenvalue weighted by molar-refractivity contribution is 0.107. The average molecular weight is 743 g/mol. The third-order valence-corrected chi connectivity index (χ3v) is 19.0. The predicted octanol–water partition coefficient (Wildman–Crippen LogP) is 7.90. The van der Waals surface area contributed by atoms with Crippen molar-refractivity contribution >= 4 is 35.6 Å². The Morgan fingerprint density at radius 2 is 1.75 bits per heavy atom. The highest BCUT2D eigenvalue weighted by Crippen LogP contribution is 2.44. The van der Waals surface area contributed by atoms with E-state index in [1.807, 2.05) is 0 Å². The summed E-state index contributed by atoms with van der Waals surface area (Å²) < 4.78 is 54.1. The van der Waals surface area contributed by atoms with Gasteiger partial charge in [-0.25, -0.2) is 13.2 Å². The maximum atomic E-state index is 17.3. The second-order valence-corrected chi connectivity index (χ2v) is 22.3. The maximum Gasteiger partial charge on any atom is 0.319 e. The van der Waals surface area contributed by atoms with Gasteiger partial charge in [-0.3, -0.25) is 9.88 Å². The first-order valence-corrected chi connectivity index (χ1v) is 21.4. The van der Waals surface area contributed by atoms with Crippen LogP contribution in [0.4, 0.5) is 19.0 Å². The standard InChI is InChI=1S/C41H49F3N6O2Si/c1-23(2)53(24(3)4,25(5)6)13-10-31-34(43)9-8-26-14-30(51)16-32(35(26)31)37-36(44)38-33(18-45-37)39(49-20-28-15-29(21-49)46-28)48-40(47-38)52-22-41-11-7-12-50(41)19-27(42)17-41/h8-9,14,16,18,23-25,27-29,46,51H,7,11-12,15,17,19-22H2,1-6H3/t27-,28?,29?,41+/m1/s1. The molecular weight excluding hydrogens is 694 g/mol. The molecule has 2 aromatic carbocycles. The molecule has 5 saturated heterocycles. The van der Waals surface area contributed by atoms with E-state index >= 15 is 8.78 Å². The van der Waals surface area contributed by atoms with Crippen molar-refractivity contribution in [2.75, 3.05) is 37.7 Å². The zero-order valence-corrected chi connectivity index (χ0v) is 32.4. The van der Waals surface area contributed by atoms with Crippen molar-refractivity contribution in [3.63, 3.8) is 0 Å². The lowest BCUT2D eigenvalue weighted by Crippen LogP contribution is -2.67. The second-order valence-electron chi connectivity index (χ2n) is 16.7. The summed E-state index contributed by atoms with van der Waals surface area (Å²) in [6, 6.07) is 6.53. The minimum atomic E-state index is -2.27. The number of pyridine rings is 1. The Balaban J connectivity index is 1.28. The van der Waals surface area contributed by atoms with Gasteiger partial charge in [-0.05, 0) is 66.0 Å². The molecule has 9 rings (SSSR count). The summed E-state index contributed by atoms with van der Waals surface area (Å²) in [5.74, 6) is 2.46. The van der Waals surface area contributed by atoms with Crippen LogP contribution in [-0.4, -0.2) is 89.6 Å². The number of nitrogens with one attached hydrogen (secondary N) is 1. The smallest absolute Gasteiger partial charge is 0.319 e. The van der Waals surface area contributed by atoms with Crippen LogP contribution in [0.3, 0.4) is 0 Å². The zero-order valence-electron chi connectivity index (χ0n) is 31.4. The van der Waals surface area contributed by atoms with Crippen LogP contribution in [0, 0.1) is 23.1 Å². The van der Waals surface area contributed by atoms with Gasteiger partial charge in [0.15, 0.2) is 5.82 Å². The van der Waals surface area contributed by atoms with Crippen molar-refractivity contribution in [1.82, 2.24) is 25.2 Å². The molecule has 5 aliphatic heterocycles. The number of alkyl halides is 1. The number of hydrogen-bond acceptors (Lipinski definition) is 8. The molecule has 5 aliphatic rings. The van der Waals surface area contributed by atoms with Crippen LogP contribution in [0.5, 0.6) is 11.8 Å². The van der Waals surface area contributed by atoms with Crippen LogP contribution in [0.2, 0.25) is 16.6 Å². The summed E-state index contributed by atoms with van der Waals surface area (Å²) in [6.45, 7) is 16.0. The van der Waals surface area contributed by atoms with Gasteiger partial charge in [0, 0.05) is 55.3 Å². The van der Waals surface area contributed by atoms with E-state index in [1.165, 1.54) is 12.1 Å². The third kappa shape index (κ3) is 6.03. The summed E-state index contributed by atoms with van der Waals surface area (Å²) >= 11 is 0. The normalized spacial score (nSPS) is 24.3. The van der Waals surface area contributed by atoms with E-state index in [-0.39, 0.29) is 40.7 Å². The molecule has 4 aromatic rings. The molecule has 0 saturated carbocycles. The van der Waals surface area contributed by atoms with Crippen LogP contribution in [-0.2, 0) is 0 Å². The second kappa shape index (κ2) is 13.4. The van der Waals surface area contributed by atoms with E-state index in [2.05, 4.69) is 78.1 Å². The van der Waals surface area contributed by atoms with Gasteiger partial charge in [-0.1, -0.05) is 53.5 Å². The minimum absolute atomic E-state index is 0.0177. The van der Waals surface area contributed by atoms with E-state index in [4.69, 9.17) is 9.72 Å². The van der Waals surface area contributed by atoms with Gasteiger partial charge in [0.25, 0.3) is 0 Å². The lowest BCUT2D eigenvalue weighted by Gasteiger charge is -2.48. The van der Waals surface area contributed by atoms with E-state index in [0.29, 0.717) is 76.7 Å². The van der Waals surface area contributed by atoms with Crippen LogP contribution < -0.4 is 15.0 Å². The quantitative estimate of drug-likeness (QED) is 0.139. The number of rotatable bonds is 8. The molecule has 2 N–H and O–H groups in total. The number of hydrogen-bond donors (Lipinski definition) is 2. The van der Waals surface area contributed by atoms with E-state index in [0.717, 1.165) is 25.8 Å². The van der Waals surface area contributed by atoms with Crippen molar-refractivity contribution in [1.29, 1.82) is 0 Å². The molecular formula is C41H49F3N6O2Si. The molecule has 0 aliphatic carbocycles. The molecule has 8 nitrogen and oxygen atoms in total. The van der Waals surface area contributed by atoms with Gasteiger partial charge >= 0.3 is 6.01 Å². The molecule has 0 amide bonds. The first kappa shape index (κ1) is 36.1. The van der Waals surface area contributed by atoms with Crippen molar-refractivity contribution in [2.24, 2.45) is 0 Å². The van der Waals surface area contributed by atoms with Gasteiger partial charge in [-0.2, -0.15) is 9.97 Å². The van der Waals surface area contributed by atoms with E-state index in [9.17, 15) is 9.50 Å². The molecule has 2 bridgehead atoms. The van der Waals surface area contributed by atoms with Crippen LogP contribution in [0.25, 0.3) is 32.9 Å². The first-order valence-electron chi connectivity index (χ1n) is 19.2. The monoisotopic (exact) mass is 742 g/mol. The van der Waals surface area contributed by atoms with Crippen molar-refractivity contribution in [3.05, 3.63) is 47.7 Å². The number of anilines is 1. The molecule has 12 heteroatoms. The van der Waals surface area contributed by atoms with Gasteiger partial charge < -0.3 is 20.1 Å². The number of phenols is 1. The number of piperazine rings is 1. The largest absolute Gasteiger partial charge is 0.508 e. The molecule has 5 fully saturated rings. The number of piperidine rings is 1. The number of phenolic OH excluding ortho intramolecular Hbond substituents is 1. The van der Waals surface area contributed by atoms with Crippen molar-refractivity contribution in [3.8, 4) is 34.5 Å². The topological polar surface area (TPSA) is 86.6 Å². The summed E-state index contributed by atoms with van der Waals surface area (Å²) in [5, 5.41) is 15.8. The highest BCUT2D eigenvalue weighted by Gasteiger charge is 2.49. The molecule has 2 aromatic heterocycles. The number of nitrogens with zero attached hydrogens (tertiary/aromatic N) is 5. The molecule has 2 unspecified atom stereocenters. The fraction of sp³-hybridized carbons (Fsp3) is 0.537. The number of ether oxygens (including phenoxy) is 1. The van der Waals surface area contributed by atoms with Crippen LogP contribution in [0.15, 0.2) is 30.5 Å². The van der Waals surface area contributed by atoms with Crippen LogP contribution in [0.1, 0.15) is 72.8 Å². The molecule has 0 spiro atoms. The highest BCUT2D eigenvalue weighted by molar-refractivity contribution is 6.90. The lowest BCUT2D eigenvalue weighted by atomic mass is 9.91. The van der Waals surface area contributed by atoms with Crippen molar-refractivity contribution < 1.29 is 23.0 Å². The Hall–Kier alpha value is -3.92. The van der Waals surface area contributed by atoms with Crippen LogP contribution >= 0.6 is 0 Å². The third-order valence-electron chi connectivity index (χ3n) is 12.7. The van der Waals surface area contributed by atoms with Gasteiger partial charge in [0.2, 0.25) is 0 Å². The summed E-state index contributed by atoms with van der Waals surface area (Å²) in [5.41, 5.74) is 4.49. The highest BCUT2D eigenvalue weighted by atomic mass is 28.3. The number of benzene rings is 2. The number of aromatic nitrogens is 3. The molecule has 0 radical (unpaired) electrons. The Morgan fingerprint density at radius 1 is 1.04 bits per heavy atom. The number of halogens is 3. The SMILES string of the molecule is CC(C)[Si](C#Cc1c(F)ccc2cc(O)cc(-c3ncc4c(N5CC6CC(C5)N6)nc(OC[C@@]56CCCN5C[C@H](F)C6)nc4c3F)c12)(C(C)C)C(C)C. The number of fused-ring (bicyclic) bond motifs is 5. The van der Waals surface area contributed by atoms with E-state index in [1.54, 1.807) is 18.3 Å². The van der Waals surface area contributed by atoms with Crippen molar-refractivity contribution in [2.45, 2.75) is 108 Å². The molecule has 4 atom stereocenters. The summed E-state index contributed by atoms with van der Waals surface area (Å²) in [4.78, 5) is 18.4. The summed E-state index contributed by atoms with van der Waals surface area (Å²) in [6.07, 6.45) is 3.90. The Labute approximate surface area is 310 Å². The Kier molecular flexibility index (Phi) is 9.14. The Morgan fingerprint density at radius 3 is 2.45 bits per heavy atom. The zero-order chi connectivity index (χ0) is 37.4.